The number of aromatic nitrogens is 2. The number of carbonyl (C=O) groups is 2. The highest BCUT2D eigenvalue weighted by atomic mass is 19.1. The molecule has 1 aromatic heterocycles. The van der Waals surface area contributed by atoms with Gasteiger partial charge >= 0.3 is 0 Å². The van der Waals surface area contributed by atoms with Crippen LogP contribution in [-0.2, 0) is 4.79 Å². The molecule has 4 rings (SSSR count). The van der Waals surface area contributed by atoms with Crippen LogP contribution in [0.2, 0.25) is 0 Å². The zero-order valence-electron chi connectivity index (χ0n) is 18.8. The fourth-order valence-electron chi connectivity index (χ4n) is 4.18. The van der Waals surface area contributed by atoms with Crippen molar-refractivity contribution in [1.29, 1.82) is 0 Å². The number of aromatic amines is 1. The first-order valence-corrected chi connectivity index (χ1v) is 11.0. The lowest BCUT2D eigenvalue weighted by Crippen LogP contribution is -2.25. The number of hydrogen-bond acceptors (Lipinski definition) is 5. The van der Waals surface area contributed by atoms with Crippen molar-refractivity contribution in [2.45, 2.75) is 26.7 Å². The van der Waals surface area contributed by atoms with Crippen molar-refractivity contribution in [3.8, 4) is 28.3 Å². The Balaban J connectivity index is 1.57. The van der Waals surface area contributed by atoms with Gasteiger partial charge in [-0.15, -0.1) is 0 Å². The van der Waals surface area contributed by atoms with Crippen LogP contribution in [-0.4, -0.2) is 53.5 Å². The van der Waals surface area contributed by atoms with Crippen LogP contribution in [0.5, 0.6) is 5.75 Å². The zero-order chi connectivity index (χ0) is 23.4. The number of anilines is 1. The summed E-state index contributed by atoms with van der Waals surface area (Å²) in [6.07, 6.45) is 3.10. The highest BCUT2D eigenvalue weighted by molar-refractivity contribution is 5.96. The largest absolute Gasteiger partial charge is 0.489 e. The van der Waals surface area contributed by atoms with Crippen LogP contribution in [0.25, 0.3) is 22.5 Å². The normalized spacial score (nSPS) is 13.8. The molecular formula is C25H27FN4O3. The van der Waals surface area contributed by atoms with Gasteiger partial charge in [-0.1, -0.05) is 12.1 Å². The number of amides is 1. The van der Waals surface area contributed by atoms with Gasteiger partial charge in [0, 0.05) is 30.3 Å². The first kappa shape index (κ1) is 22.7. The molecule has 2 N–H and O–H groups in total. The van der Waals surface area contributed by atoms with Crippen molar-refractivity contribution in [3.63, 3.8) is 0 Å². The van der Waals surface area contributed by atoms with Gasteiger partial charge in [-0.3, -0.25) is 19.6 Å². The molecular weight excluding hydrogens is 423 g/mol. The number of benzene rings is 2. The van der Waals surface area contributed by atoms with Gasteiger partial charge < -0.3 is 10.1 Å². The smallest absolute Gasteiger partial charge is 0.221 e. The molecule has 0 radical (unpaired) electrons. The third kappa shape index (κ3) is 4.96. The topological polar surface area (TPSA) is 87.3 Å². The van der Waals surface area contributed by atoms with Gasteiger partial charge in [-0.05, 0) is 62.7 Å². The number of ether oxygens (including phenoxy) is 1. The summed E-state index contributed by atoms with van der Waals surface area (Å²) < 4.78 is 20.4. The number of likely N-dealkylation sites (tertiary alicyclic amines) is 1. The van der Waals surface area contributed by atoms with E-state index < -0.39 is 5.82 Å². The molecule has 1 fully saturated rings. The number of carbonyl (C=O) groups excluding carboxylic acids is 2. The third-order valence-corrected chi connectivity index (χ3v) is 5.90. The molecule has 1 aliphatic heterocycles. The van der Waals surface area contributed by atoms with E-state index in [9.17, 15) is 14.0 Å². The highest BCUT2D eigenvalue weighted by Gasteiger charge is 2.20. The Bertz CT molecular complexity index is 1170. The lowest BCUT2D eigenvalue weighted by Gasteiger charge is -2.15. The molecule has 0 spiro atoms. The molecule has 8 heteroatoms. The van der Waals surface area contributed by atoms with Gasteiger partial charge in [0.25, 0.3) is 0 Å². The minimum absolute atomic E-state index is 0.181. The highest BCUT2D eigenvalue weighted by Crippen LogP contribution is 2.34. The summed E-state index contributed by atoms with van der Waals surface area (Å²) in [5, 5.41) is 9.98. The summed E-state index contributed by atoms with van der Waals surface area (Å²) in [5.41, 5.74) is 3.82. The molecule has 0 atom stereocenters. The summed E-state index contributed by atoms with van der Waals surface area (Å²) in [6, 6.07) is 10.0. The summed E-state index contributed by atoms with van der Waals surface area (Å²) in [5.74, 6) is -0.506. The van der Waals surface area contributed by atoms with E-state index in [1.54, 1.807) is 24.3 Å². The van der Waals surface area contributed by atoms with E-state index in [4.69, 9.17) is 4.74 Å². The minimum atomic E-state index is -0.501. The molecule has 33 heavy (non-hydrogen) atoms. The predicted octanol–water partition coefficient (Wildman–Crippen LogP) is 4.44. The minimum Gasteiger partial charge on any atom is -0.489 e. The summed E-state index contributed by atoms with van der Waals surface area (Å²) >= 11 is 0. The Labute approximate surface area is 191 Å². The molecule has 172 valence electrons. The molecule has 2 heterocycles. The molecule has 0 unspecified atom stereocenters. The van der Waals surface area contributed by atoms with Crippen LogP contribution in [0, 0.1) is 12.7 Å². The van der Waals surface area contributed by atoms with Crippen LogP contribution in [0.15, 0.2) is 36.4 Å². The van der Waals surface area contributed by atoms with Crippen molar-refractivity contribution < 1.29 is 18.7 Å². The molecule has 0 bridgehead atoms. The Morgan fingerprint density at radius 3 is 2.76 bits per heavy atom. The molecule has 1 amide bonds. The van der Waals surface area contributed by atoms with Gasteiger partial charge in [-0.2, -0.15) is 5.10 Å². The number of nitrogens with one attached hydrogen (secondary N) is 2. The summed E-state index contributed by atoms with van der Waals surface area (Å²) in [7, 11) is 0. The van der Waals surface area contributed by atoms with E-state index in [0.29, 0.717) is 41.1 Å². The van der Waals surface area contributed by atoms with E-state index in [1.807, 2.05) is 13.0 Å². The Morgan fingerprint density at radius 1 is 1.27 bits per heavy atom. The Kier molecular flexibility index (Phi) is 6.84. The maximum atomic E-state index is 14.7. The predicted molar refractivity (Wildman–Crippen MR) is 125 cm³/mol. The van der Waals surface area contributed by atoms with Gasteiger partial charge in [0.05, 0.1) is 11.3 Å². The number of rotatable bonds is 8. The number of hydrogen-bond donors (Lipinski definition) is 2. The van der Waals surface area contributed by atoms with Crippen LogP contribution in [0.4, 0.5) is 10.1 Å². The van der Waals surface area contributed by atoms with Gasteiger partial charge in [0.2, 0.25) is 5.91 Å². The number of halogens is 1. The van der Waals surface area contributed by atoms with Crippen LogP contribution in [0.3, 0.4) is 0 Å². The maximum Gasteiger partial charge on any atom is 0.221 e. The van der Waals surface area contributed by atoms with E-state index >= 15 is 0 Å². The van der Waals surface area contributed by atoms with Crippen LogP contribution < -0.4 is 10.1 Å². The van der Waals surface area contributed by atoms with Crippen molar-refractivity contribution >= 4 is 17.9 Å². The first-order valence-electron chi connectivity index (χ1n) is 11.0. The molecule has 2 aromatic carbocycles. The third-order valence-electron chi connectivity index (χ3n) is 5.90. The van der Waals surface area contributed by atoms with Gasteiger partial charge in [0.1, 0.15) is 12.3 Å². The molecule has 0 aliphatic carbocycles. The lowest BCUT2D eigenvalue weighted by atomic mass is 9.98. The van der Waals surface area contributed by atoms with E-state index in [-0.39, 0.29) is 11.7 Å². The lowest BCUT2D eigenvalue weighted by molar-refractivity contribution is -0.114. The standard InChI is InChI=1S/C25H27FN4O3/c1-16-19(6-5-7-22(16)27-17(2)32)25-20(15-31)24(28-29-25)18-8-9-23(21(26)14-18)33-13-12-30-10-3-4-11-30/h5-9,14-15H,3-4,10-13H2,1-2H3,(H,27,32)(H,28,29). The molecule has 1 aliphatic rings. The van der Waals surface area contributed by atoms with Crippen molar-refractivity contribution in [2.24, 2.45) is 0 Å². The quantitative estimate of drug-likeness (QED) is 0.496. The number of aldehydes is 1. The number of H-pyrrole nitrogens is 1. The molecule has 1 saturated heterocycles. The second-order valence-electron chi connectivity index (χ2n) is 8.18. The van der Waals surface area contributed by atoms with E-state index in [2.05, 4.69) is 20.4 Å². The Morgan fingerprint density at radius 2 is 2.06 bits per heavy atom. The van der Waals surface area contributed by atoms with E-state index in [0.717, 1.165) is 30.8 Å². The zero-order valence-corrected chi connectivity index (χ0v) is 18.8. The van der Waals surface area contributed by atoms with Crippen molar-refractivity contribution in [1.82, 2.24) is 15.1 Å². The average Bonchev–Trinajstić information content (AvgIpc) is 3.46. The maximum absolute atomic E-state index is 14.7. The molecule has 7 nitrogen and oxygen atoms in total. The Hall–Kier alpha value is -3.52. The fourth-order valence-corrected chi connectivity index (χ4v) is 4.18. The van der Waals surface area contributed by atoms with Crippen molar-refractivity contribution in [3.05, 3.63) is 53.3 Å². The second kappa shape index (κ2) is 9.95. The SMILES string of the molecule is CC(=O)Nc1cccc(-c2[nH]nc(-c3ccc(OCCN4CCCC4)c(F)c3)c2C=O)c1C. The number of nitrogens with zero attached hydrogens (tertiary/aromatic N) is 2. The van der Waals surface area contributed by atoms with Crippen LogP contribution in [0.1, 0.15) is 35.7 Å². The van der Waals surface area contributed by atoms with Crippen LogP contribution >= 0.6 is 0 Å². The fraction of sp³-hybridized carbons (Fsp3) is 0.320. The van der Waals surface area contributed by atoms with Crippen molar-refractivity contribution in [2.75, 3.05) is 31.6 Å². The van der Waals surface area contributed by atoms with E-state index in [1.165, 1.54) is 25.8 Å². The summed E-state index contributed by atoms with van der Waals surface area (Å²) in [4.78, 5) is 25.8. The van der Waals surface area contributed by atoms with Gasteiger partial charge in [0.15, 0.2) is 17.9 Å². The first-order chi connectivity index (χ1) is 16.0. The molecule has 3 aromatic rings. The second-order valence-corrected chi connectivity index (χ2v) is 8.18. The average molecular weight is 451 g/mol. The summed E-state index contributed by atoms with van der Waals surface area (Å²) in [6.45, 7) is 6.61. The monoisotopic (exact) mass is 450 g/mol. The van der Waals surface area contributed by atoms with Gasteiger partial charge in [-0.25, -0.2) is 4.39 Å². The molecule has 0 saturated carbocycles.